The Balaban J connectivity index is 1.29. The molecule has 4 nitrogen and oxygen atoms in total. The summed E-state index contributed by atoms with van der Waals surface area (Å²) in [6.45, 7) is 0. The Morgan fingerprint density at radius 3 is 1.38 bits per heavy atom. The van der Waals surface area contributed by atoms with E-state index in [0.29, 0.717) is 23.0 Å². The minimum absolute atomic E-state index is 0.584. The maximum absolute atomic E-state index is 9.58. The quantitative estimate of drug-likeness (QED) is 0.185. The number of rotatable bonds is 4. The van der Waals surface area contributed by atoms with Crippen LogP contribution in [0.15, 0.2) is 180 Å². The van der Waals surface area contributed by atoms with Crippen LogP contribution in [0.1, 0.15) is 27.8 Å². The zero-order valence-electron chi connectivity index (χ0n) is 27.9. The lowest BCUT2D eigenvalue weighted by Crippen LogP contribution is -2.32. The average molecular weight is 681 g/mol. The standard InChI is InChI=1S/C47H28N4S/c48-29-30-25-27-31(28-26-30)34-19-11-23-40-42(34)52-43-37(46-50-44(32-13-3-1-4-14-32)49-45(51-46)33-15-5-2-6-16-33)20-12-24-41(43)47(40)38-21-9-7-17-35(38)36-18-8-10-22-39(36)47/h1-28H. The smallest absolute Gasteiger partial charge is 0.165 e. The number of nitrogens with zero attached hydrogens (tertiary/aromatic N) is 4. The maximum Gasteiger partial charge on any atom is 0.165 e. The summed E-state index contributed by atoms with van der Waals surface area (Å²) >= 11 is 1.78. The first-order chi connectivity index (χ1) is 25.7. The number of fused-ring (bicyclic) bond motifs is 9. The van der Waals surface area contributed by atoms with E-state index >= 15 is 0 Å². The fourth-order valence-electron chi connectivity index (χ4n) is 8.00. The van der Waals surface area contributed by atoms with E-state index in [9.17, 15) is 5.26 Å². The molecule has 10 rings (SSSR count). The minimum atomic E-state index is -0.584. The van der Waals surface area contributed by atoms with Crippen molar-refractivity contribution < 1.29 is 0 Å². The van der Waals surface area contributed by atoms with Crippen molar-refractivity contribution in [2.45, 2.75) is 15.2 Å². The molecule has 0 saturated carbocycles. The molecule has 0 saturated heterocycles. The van der Waals surface area contributed by atoms with Gasteiger partial charge in [0.05, 0.1) is 17.0 Å². The van der Waals surface area contributed by atoms with Crippen molar-refractivity contribution in [1.82, 2.24) is 15.0 Å². The van der Waals surface area contributed by atoms with Crippen LogP contribution in [0.3, 0.4) is 0 Å². The topological polar surface area (TPSA) is 62.5 Å². The Labute approximate surface area is 306 Å². The molecule has 2 aliphatic rings. The molecule has 2 heterocycles. The normalized spacial score (nSPS) is 13.1. The predicted molar refractivity (Wildman–Crippen MR) is 208 cm³/mol. The minimum Gasteiger partial charge on any atom is -0.208 e. The number of hydrogen-bond acceptors (Lipinski definition) is 5. The number of nitriles is 1. The van der Waals surface area contributed by atoms with Gasteiger partial charge in [-0.15, -0.1) is 0 Å². The van der Waals surface area contributed by atoms with Gasteiger partial charge < -0.3 is 0 Å². The fraction of sp³-hybridized carbons (Fsp3) is 0.0213. The molecule has 1 aliphatic carbocycles. The highest BCUT2D eigenvalue weighted by molar-refractivity contribution is 7.99. The highest BCUT2D eigenvalue weighted by Crippen LogP contribution is 2.64. The zero-order chi connectivity index (χ0) is 34.6. The van der Waals surface area contributed by atoms with Crippen molar-refractivity contribution in [3.63, 3.8) is 0 Å². The molecule has 0 radical (unpaired) electrons. The van der Waals surface area contributed by atoms with Crippen LogP contribution in [-0.2, 0) is 5.41 Å². The zero-order valence-corrected chi connectivity index (χ0v) is 28.7. The summed E-state index contributed by atoms with van der Waals surface area (Å²) in [6, 6.07) is 61.4. The number of hydrogen-bond donors (Lipinski definition) is 0. The SMILES string of the molecule is N#Cc1ccc(-c2cccc3c2Sc2c(-c4nc(-c5ccccc5)nc(-c5ccccc5)n4)cccc2C32c3ccccc3-c3ccccc32)cc1. The van der Waals surface area contributed by atoms with Gasteiger partial charge in [0.25, 0.3) is 0 Å². The van der Waals surface area contributed by atoms with Crippen LogP contribution in [0, 0.1) is 11.3 Å². The Morgan fingerprint density at radius 1 is 0.385 bits per heavy atom. The van der Waals surface area contributed by atoms with Gasteiger partial charge in [-0.2, -0.15) is 5.26 Å². The van der Waals surface area contributed by atoms with Gasteiger partial charge in [0.15, 0.2) is 17.5 Å². The maximum atomic E-state index is 9.58. The Kier molecular flexibility index (Phi) is 6.99. The lowest BCUT2D eigenvalue weighted by molar-refractivity contribution is 0.723. The summed E-state index contributed by atoms with van der Waals surface area (Å²) in [6.07, 6.45) is 0. The van der Waals surface area contributed by atoms with Gasteiger partial charge >= 0.3 is 0 Å². The van der Waals surface area contributed by atoms with Crippen molar-refractivity contribution >= 4 is 11.8 Å². The largest absolute Gasteiger partial charge is 0.208 e. The molecule has 242 valence electrons. The second-order valence-corrected chi connectivity index (χ2v) is 14.1. The molecule has 0 N–H and O–H groups in total. The Hall–Kier alpha value is -6.61. The number of benzene rings is 7. The van der Waals surface area contributed by atoms with Gasteiger partial charge in [-0.05, 0) is 56.6 Å². The second-order valence-electron chi connectivity index (χ2n) is 13.0. The Bertz CT molecular complexity index is 2610. The van der Waals surface area contributed by atoms with Gasteiger partial charge in [0, 0.05) is 26.5 Å². The van der Waals surface area contributed by atoms with Crippen LogP contribution < -0.4 is 0 Å². The predicted octanol–water partition coefficient (Wildman–Crippen LogP) is 11.2. The summed E-state index contributed by atoms with van der Waals surface area (Å²) in [5, 5.41) is 9.58. The van der Waals surface area contributed by atoms with Gasteiger partial charge in [-0.1, -0.05) is 169 Å². The van der Waals surface area contributed by atoms with E-state index in [-0.39, 0.29) is 0 Å². The van der Waals surface area contributed by atoms with Crippen LogP contribution in [0.25, 0.3) is 56.4 Å². The molecule has 0 atom stereocenters. The lowest BCUT2D eigenvalue weighted by Gasteiger charge is -2.41. The van der Waals surface area contributed by atoms with Gasteiger partial charge in [0.2, 0.25) is 0 Å². The van der Waals surface area contributed by atoms with E-state index in [1.807, 2.05) is 72.8 Å². The molecule has 1 aliphatic heterocycles. The third-order valence-electron chi connectivity index (χ3n) is 10.3. The molecule has 0 fully saturated rings. The van der Waals surface area contributed by atoms with E-state index in [0.717, 1.165) is 32.7 Å². The van der Waals surface area contributed by atoms with Crippen molar-refractivity contribution in [2.24, 2.45) is 0 Å². The van der Waals surface area contributed by atoms with Crippen molar-refractivity contribution in [2.75, 3.05) is 0 Å². The van der Waals surface area contributed by atoms with Crippen molar-refractivity contribution in [1.29, 1.82) is 5.26 Å². The summed E-state index contributed by atoms with van der Waals surface area (Å²) in [4.78, 5) is 17.7. The molecule has 7 aromatic carbocycles. The molecule has 0 amide bonds. The molecule has 1 aromatic heterocycles. The molecule has 5 heteroatoms. The molecular weight excluding hydrogens is 653 g/mol. The molecule has 0 bridgehead atoms. The highest BCUT2D eigenvalue weighted by atomic mass is 32.2. The summed E-state index contributed by atoms with van der Waals surface area (Å²) < 4.78 is 0. The van der Waals surface area contributed by atoms with Gasteiger partial charge in [0.1, 0.15) is 0 Å². The second kappa shape index (κ2) is 12.0. The van der Waals surface area contributed by atoms with Gasteiger partial charge in [-0.3, -0.25) is 0 Å². The Morgan fingerprint density at radius 2 is 0.827 bits per heavy atom. The molecular formula is C47H28N4S. The average Bonchev–Trinajstić information content (AvgIpc) is 3.52. The summed E-state index contributed by atoms with van der Waals surface area (Å²) in [5.41, 5.74) is 12.5. The molecule has 8 aromatic rings. The first-order valence-electron chi connectivity index (χ1n) is 17.3. The first-order valence-corrected chi connectivity index (χ1v) is 18.1. The third-order valence-corrected chi connectivity index (χ3v) is 11.5. The van der Waals surface area contributed by atoms with E-state index in [1.165, 1.54) is 38.3 Å². The van der Waals surface area contributed by atoms with Crippen LogP contribution in [-0.4, -0.2) is 15.0 Å². The van der Waals surface area contributed by atoms with E-state index in [4.69, 9.17) is 15.0 Å². The van der Waals surface area contributed by atoms with Crippen molar-refractivity contribution in [3.05, 3.63) is 198 Å². The summed E-state index contributed by atoms with van der Waals surface area (Å²) in [7, 11) is 0. The lowest BCUT2D eigenvalue weighted by atomic mass is 9.66. The van der Waals surface area contributed by atoms with Gasteiger partial charge in [-0.25, -0.2) is 15.0 Å². The van der Waals surface area contributed by atoms with Crippen molar-refractivity contribution in [3.8, 4) is 62.5 Å². The summed E-state index contributed by atoms with van der Waals surface area (Å²) in [5.74, 6) is 1.90. The molecule has 0 unspecified atom stereocenters. The van der Waals surface area contributed by atoms with Crippen LogP contribution >= 0.6 is 11.8 Å². The number of aromatic nitrogens is 3. The first kappa shape index (κ1) is 30.2. The highest BCUT2D eigenvalue weighted by Gasteiger charge is 2.51. The fourth-order valence-corrected chi connectivity index (χ4v) is 9.44. The molecule has 52 heavy (non-hydrogen) atoms. The molecule has 1 spiro atoms. The van der Waals surface area contributed by atoms with Crippen LogP contribution in [0.5, 0.6) is 0 Å². The van der Waals surface area contributed by atoms with Crippen LogP contribution in [0.4, 0.5) is 0 Å². The monoisotopic (exact) mass is 680 g/mol. The van der Waals surface area contributed by atoms with E-state index < -0.39 is 5.41 Å². The van der Waals surface area contributed by atoms with E-state index in [1.54, 1.807) is 11.8 Å². The third kappa shape index (κ3) is 4.52. The van der Waals surface area contributed by atoms with Crippen LogP contribution in [0.2, 0.25) is 0 Å². The van der Waals surface area contributed by atoms with E-state index in [2.05, 4.69) is 103 Å².